The lowest BCUT2D eigenvalue weighted by molar-refractivity contribution is 0.104. The summed E-state index contributed by atoms with van der Waals surface area (Å²) in [6.45, 7) is 1.84. The SMILES string of the molecule is Cc1c(C(=O)/C=C/c2ccccc2)nnn1-c1cccc(Br)c1. The molecule has 3 rings (SSSR count). The zero-order chi connectivity index (χ0) is 16.2. The van der Waals surface area contributed by atoms with Crippen molar-refractivity contribution >= 4 is 27.8 Å². The first kappa shape index (κ1) is 15.4. The van der Waals surface area contributed by atoms with Gasteiger partial charge in [0.1, 0.15) is 0 Å². The van der Waals surface area contributed by atoms with Gasteiger partial charge in [0.2, 0.25) is 5.78 Å². The van der Waals surface area contributed by atoms with Gasteiger partial charge in [0.15, 0.2) is 5.69 Å². The molecular formula is C18H14BrN3O. The Morgan fingerprint density at radius 1 is 1.13 bits per heavy atom. The molecule has 0 amide bonds. The fourth-order valence-corrected chi connectivity index (χ4v) is 2.61. The highest BCUT2D eigenvalue weighted by Gasteiger charge is 2.15. The quantitative estimate of drug-likeness (QED) is 0.511. The minimum absolute atomic E-state index is 0.160. The van der Waals surface area contributed by atoms with E-state index >= 15 is 0 Å². The second kappa shape index (κ2) is 6.71. The Bertz CT molecular complexity index is 869. The number of rotatable bonds is 4. The molecule has 5 heteroatoms. The molecule has 0 radical (unpaired) electrons. The van der Waals surface area contributed by atoms with Crippen molar-refractivity contribution in [1.29, 1.82) is 0 Å². The summed E-state index contributed by atoms with van der Waals surface area (Å²) in [5, 5.41) is 8.13. The highest BCUT2D eigenvalue weighted by Crippen LogP contribution is 2.17. The van der Waals surface area contributed by atoms with E-state index in [9.17, 15) is 4.79 Å². The molecule has 4 nitrogen and oxygen atoms in total. The van der Waals surface area contributed by atoms with Crippen LogP contribution in [0.2, 0.25) is 0 Å². The van der Waals surface area contributed by atoms with Gasteiger partial charge in [-0.2, -0.15) is 0 Å². The molecule has 0 aliphatic carbocycles. The first-order valence-corrected chi connectivity index (χ1v) is 7.90. The number of ketones is 1. The third-order valence-electron chi connectivity index (χ3n) is 3.41. The van der Waals surface area contributed by atoms with Crippen molar-refractivity contribution in [3.05, 3.63) is 82.1 Å². The zero-order valence-corrected chi connectivity index (χ0v) is 14.1. The van der Waals surface area contributed by atoms with Crippen LogP contribution in [0.25, 0.3) is 11.8 Å². The molecule has 0 spiro atoms. The van der Waals surface area contributed by atoms with Crippen molar-refractivity contribution in [2.45, 2.75) is 6.92 Å². The Kier molecular flexibility index (Phi) is 4.48. The number of hydrogen-bond acceptors (Lipinski definition) is 3. The van der Waals surface area contributed by atoms with E-state index < -0.39 is 0 Å². The molecule has 0 atom stereocenters. The van der Waals surface area contributed by atoms with Gasteiger partial charge in [-0.15, -0.1) is 5.10 Å². The van der Waals surface area contributed by atoms with E-state index in [1.165, 1.54) is 6.08 Å². The summed E-state index contributed by atoms with van der Waals surface area (Å²) in [5.74, 6) is -0.160. The fourth-order valence-electron chi connectivity index (χ4n) is 2.22. The Morgan fingerprint density at radius 2 is 1.91 bits per heavy atom. The van der Waals surface area contributed by atoms with Crippen LogP contribution < -0.4 is 0 Å². The lowest BCUT2D eigenvalue weighted by atomic mass is 10.1. The summed E-state index contributed by atoms with van der Waals surface area (Å²) >= 11 is 3.43. The van der Waals surface area contributed by atoms with E-state index in [1.54, 1.807) is 10.8 Å². The molecule has 0 fully saturated rings. The van der Waals surface area contributed by atoms with E-state index in [0.717, 1.165) is 15.7 Å². The molecular weight excluding hydrogens is 354 g/mol. The number of halogens is 1. The molecule has 114 valence electrons. The third-order valence-corrected chi connectivity index (χ3v) is 3.90. The highest BCUT2D eigenvalue weighted by molar-refractivity contribution is 9.10. The normalized spacial score (nSPS) is 11.0. The van der Waals surface area contributed by atoms with Gasteiger partial charge in [0, 0.05) is 4.47 Å². The fraction of sp³-hybridized carbons (Fsp3) is 0.0556. The third kappa shape index (κ3) is 3.46. The van der Waals surface area contributed by atoms with Crippen LogP contribution in [0.3, 0.4) is 0 Å². The largest absolute Gasteiger partial charge is 0.287 e. The Balaban J connectivity index is 1.87. The summed E-state index contributed by atoms with van der Waals surface area (Å²) in [4.78, 5) is 12.3. The second-order valence-corrected chi connectivity index (χ2v) is 5.94. The summed E-state index contributed by atoms with van der Waals surface area (Å²) in [6.07, 6.45) is 3.30. The molecule has 1 aromatic heterocycles. The van der Waals surface area contributed by atoms with Gasteiger partial charge >= 0.3 is 0 Å². The zero-order valence-electron chi connectivity index (χ0n) is 12.5. The molecule has 0 aliphatic rings. The Morgan fingerprint density at radius 3 is 2.65 bits per heavy atom. The van der Waals surface area contributed by atoms with Crippen molar-refractivity contribution < 1.29 is 4.79 Å². The van der Waals surface area contributed by atoms with Crippen molar-refractivity contribution in [1.82, 2.24) is 15.0 Å². The Hall–Kier alpha value is -2.53. The molecule has 23 heavy (non-hydrogen) atoms. The average Bonchev–Trinajstić information content (AvgIpc) is 2.95. The van der Waals surface area contributed by atoms with Gasteiger partial charge in [-0.1, -0.05) is 63.6 Å². The lowest BCUT2D eigenvalue weighted by Gasteiger charge is -2.03. The summed E-state index contributed by atoms with van der Waals surface area (Å²) < 4.78 is 2.61. The van der Waals surface area contributed by atoms with E-state index in [1.807, 2.05) is 61.5 Å². The first-order valence-electron chi connectivity index (χ1n) is 7.11. The predicted octanol–water partition coefficient (Wildman–Crippen LogP) is 4.23. The average molecular weight is 368 g/mol. The van der Waals surface area contributed by atoms with Gasteiger partial charge in [-0.25, -0.2) is 4.68 Å². The maximum atomic E-state index is 12.3. The number of aromatic nitrogens is 3. The molecule has 0 aliphatic heterocycles. The molecule has 3 aromatic rings. The maximum Gasteiger partial charge on any atom is 0.208 e. The lowest BCUT2D eigenvalue weighted by Crippen LogP contribution is -2.01. The van der Waals surface area contributed by atoms with Gasteiger partial charge in [0.25, 0.3) is 0 Å². The second-order valence-electron chi connectivity index (χ2n) is 5.02. The van der Waals surface area contributed by atoms with Crippen molar-refractivity contribution in [2.75, 3.05) is 0 Å². The smallest absolute Gasteiger partial charge is 0.208 e. The van der Waals surface area contributed by atoms with E-state index in [2.05, 4.69) is 26.2 Å². The van der Waals surface area contributed by atoms with Crippen LogP contribution in [-0.4, -0.2) is 20.8 Å². The summed E-state index contributed by atoms with van der Waals surface area (Å²) in [6, 6.07) is 17.4. The monoisotopic (exact) mass is 367 g/mol. The number of hydrogen-bond donors (Lipinski definition) is 0. The standard InChI is InChI=1S/C18H14BrN3O/c1-13-18(17(23)11-10-14-6-3-2-4-7-14)20-21-22(13)16-9-5-8-15(19)12-16/h2-12H,1H3/b11-10+. The molecule has 2 aromatic carbocycles. The number of carbonyl (C=O) groups excluding carboxylic acids is 1. The maximum absolute atomic E-state index is 12.3. The number of allylic oxidation sites excluding steroid dienone is 1. The van der Waals surface area contributed by atoms with Crippen LogP contribution in [0, 0.1) is 6.92 Å². The summed E-state index contributed by atoms with van der Waals surface area (Å²) in [5.41, 5.74) is 2.90. The minimum Gasteiger partial charge on any atom is -0.287 e. The molecule has 0 saturated heterocycles. The van der Waals surface area contributed by atoms with Crippen molar-refractivity contribution in [2.24, 2.45) is 0 Å². The first-order chi connectivity index (χ1) is 11.1. The van der Waals surface area contributed by atoms with Gasteiger partial charge in [-0.05, 0) is 36.8 Å². The van der Waals surface area contributed by atoms with Crippen LogP contribution in [0.4, 0.5) is 0 Å². The molecule has 0 N–H and O–H groups in total. The number of carbonyl (C=O) groups is 1. The van der Waals surface area contributed by atoms with Crippen LogP contribution >= 0.6 is 15.9 Å². The van der Waals surface area contributed by atoms with Crippen LogP contribution in [0.15, 0.2) is 65.1 Å². The van der Waals surface area contributed by atoms with E-state index in [4.69, 9.17) is 0 Å². The van der Waals surface area contributed by atoms with Crippen molar-refractivity contribution in [3.63, 3.8) is 0 Å². The van der Waals surface area contributed by atoms with Gasteiger partial charge in [0.05, 0.1) is 11.4 Å². The highest BCUT2D eigenvalue weighted by atomic mass is 79.9. The van der Waals surface area contributed by atoms with E-state index in [-0.39, 0.29) is 5.78 Å². The number of benzene rings is 2. The van der Waals surface area contributed by atoms with Crippen LogP contribution in [0.5, 0.6) is 0 Å². The minimum atomic E-state index is -0.160. The molecule has 0 unspecified atom stereocenters. The Labute approximate surface area is 142 Å². The topological polar surface area (TPSA) is 47.8 Å². The predicted molar refractivity (Wildman–Crippen MR) is 93.6 cm³/mol. The van der Waals surface area contributed by atoms with Crippen LogP contribution in [0.1, 0.15) is 21.7 Å². The number of nitrogens with zero attached hydrogens (tertiary/aromatic N) is 3. The summed E-state index contributed by atoms with van der Waals surface area (Å²) in [7, 11) is 0. The molecule has 0 bridgehead atoms. The van der Waals surface area contributed by atoms with Gasteiger partial charge in [-0.3, -0.25) is 4.79 Å². The molecule has 0 saturated carbocycles. The molecule has 1 heterocycles. The van der Waals surface area contributed by atoms with Crippen LogP contribution in [-0.2, 0) is 0 Å². The van der Waals surface area contributed by atoms with E-state index in [0.29, 0.717) is 11.4 Å². The van der Waals surface area contributed by atoms with Crippen molar-refractivity contribution in [3.8, 4) is 5.69 Å². The van der Waals surface area contributed by atoms with Gasteiger partial charge < -0.3 is 0 Å².